The number of rotatable bonds is 5. The van der Waals surface area contributed by atoms with Crippen LogP contribution in [0.3, 0.4) is 0 Å². The summed E-state index contributed by atoms with van der Waals surface area (Å²) in [5.41, 5.74) is 3.80. The Hall–Kier alpha value is -2.04. The van der Waals surface area contributed by atoms with Crippen molar-refractivity contribution < 1.29 is 14.7 Å². The van der Waals surface area contributed by atoms with Crippen LogP contribution in [0.4, 0.5) is 4.79 Å². The standard InChI is InChI=1S/C18H26N2O3/c1-12(2)14-8-7-13-5-4-6-16(15(13)11-14)19-18(23)20(3)10-9-17(21)22/h7-8,11-12,16H,4-6,9-10H2,1-3H3,(H,19,23)(H,21,22)/t16-/m1/s1. The van der Waals surface area contributed by atoms with E-state index in [1.165, 1.54) is 21.6 Å². The number of carbonyl (C=O) groups is 2. The third-order valence-electron chi connectivity index (χ3n) is 4.46. The van der Waals surface area contributed by atoms with Crippen LogP contribution < -0.4 is 5.32 Å². The number of nitrogens with zero attached hydrogens (tertiary/aromatic N) is 1. The van der Waals surface area contributed by atoms with Crippen LogP contribution in [0.1, 0.15) is 61.8 Å². The van der Waals surface area contributed by atoms with Crippen molar-refractivity contribution in [1.29, 1.82) is 0 Å². The van der Waals surface area contributed by atoms with Gasteiger partial charge in [0.2, 0.25) is 0 Å². The predicted octanol–water partition coefficient (Wildman–Crippen LogP) is 3.30. The number of amides is 2. The lowest BCUT2D eigenvalue weighted by molar-refractivity contribution is -0.137. The number of carbonyl (C=O) groups excluding carboxylic acids is 1. The Labute approximate surface area is 137 Å². The van der Waals surface area contributed by atoms with Crippen LogP contribution in [-0.4, -0.2) is 35.6 Å². The molecule has 2 amide bonds. The van der Waals surface area contributed by atoms with E-state index >= 15 is 0 Å². The number of aliphatic carboxylic acids is 1. The predicted molar refractivity (Wildman–Crippen MR) is 89.6 cm³/mol. The molecule has 23 heavy (non-hydrogen) atoms. The van der Waals surface area contributed by atoms with Crippen LogP contribution >= 0.6 is 0 Å². The number of urea groups is 1. The summed E-state index contributed by atoms with van der Waals surface area (Å²) in [4.78, 5) is 24.3. The van der Waals surface area contributed by atoms with Gasteiger partial charge in [0.25, 0.3) is 0 Å². The molecule has 2 rings (SSSR count). The highest BCUT2D eigenvalue weighted by molar-refractivity contribution is 5.75. The molecule has 0 fully saturated rings. The minimum atomic E-state index is -0.894. The Morgan fingerprint density at radius 2 is 2.13 bits per heavy atom. The molecule has 0 unspecified atom stereocenters. The molecule has 0 bridgehead atoms. The Kier molecular flexibility index (Phi) is 5.64. The fraction of sp³-hybridized carbons (Fsp3) is 0.556. The van der Waals surface area contributed by atoms with Crippen LogP contribution in [0.5, 0.6) is 0 Å². The molecular weight excluding hydrogens is 292 g/mol. The van der Waals surface area contributed by atoms with Gasteiger partial charge in [-0.3, -0.25) is 4.79 Å². The second-order valence-electron chi connectivity index (χ2n) is 6.57. The number of nitrogens with one attached hydrogen (secondary N) is 1. The van der Waals surface area contributed by atoms with Crippen LogP contribution in [0.2, 0.25) is 0 Å². The molecule has 0 spiro atoms. The van der Waals surface area contributed by atoms with E-state index in [0.717, 1.165) is 19.3 Å². The largest absolute Gasteiger partial charge is 0.481 e. The zero-order valence-corrected chi connectivity index (χ0v) is 14.1. The lowest BCUT2D eigenvalue weighted by Gasteiger charge is -2.29. The number of fused-ring (bicyclic) bond motifs is 1. The maximum absolute atomic E-state index is 12.3. The summed E-state index contributed by atoms with van der Waals surface area (Å²) in [6.07, 6.45) is 2.99. The van der Waals surface area contributed by atoms with Gasteiger partial charge in [-0.05, 0) is 41.9 Å². The molecule has 0 heterocycles. The minimum Gasteiger partial charge on any atom is -0.481 e. The SMILES string of the molecule is CC(C)c1ccc2c(c1)[C@H](NC(=O)N(C)CCC(=O)O)CCC2. The third kappa shape index (κ3) is 4.47. The maximum atomic E-state index is 12.3. The second-order valence-corrected chi connectivity index (χ2v) is 6.57. The van der Waals surface area contributed by atoms with Crippen molar-refractivity contribution in [2.75, 3.05) is 13.6 Å². The fourth-order valence-electron chi connectivity index (χ4n) is 2.95. The monoisotopic (exact) mass is 318 g/mol. The molecule has 5 heteroatoms. The van der Waals surface area contributed by atoms with E-state index in [0.29, 0.717) is 5.92 Å². The highest BCUT2D eigenvalue weighted by Crippen LogP contribution is 2.32. The van der Waals surface area contributed by atoms with Gasteiger partial charge in [-0.1, -0.05) is 32.0 Å². The summed E-state index contributed by atoms with van der Waals surface area (Å²) in [7, 11) is 1.63. The normalized spacial score (nSPS) is 16.8. The van der Waals surface area contributed by atoms with E-state index in [2.05, 4.69) is 37.4 Å². The second kappa shape index (κ2) is 7.49. The van der Waals surface area contributed by atoms with Crippen LogP contribution in [-0.2, 0) is 11.2 Å². The number of aryl methyl sites for hydroxylation is 1. The Morgan fingerprint density at radius 3 is 2.78 bits per heavy atom. The van der Waals surface area contributed by atoms with E-state index in [1.807, 2.05) is 0 Å². The lowest BCUT2D eigenvalue weighted by atomic mass is 9.85. The molecule has 1 atom stereocenters. The zero-order valence-electron chi connectivity index (χ0n) is 14.1. The van der Waals surface area contributed by atoms with Gasteiger partial charge in [-0.15, -0.1) is 0 Å². The van der Waals surface area contributed by atoms with E-state index in [1.54, 1.807) is 7.05 Å². The molecule has 1 aromatic carbocycles. The summed E-state index contributed by atoms with van der Waals surface area (Å²) in [6.45, 7) is 4.54. The molecule has 0 saturated carbocycles. The van der Waals surface area contributed by atoms with Crippen molar-refractivity contribution in [2.24, 2.45) is 0 Å². The van der Waals surface area contributed by atoms with Gasteiger partial charge in [0, 0.05) is 13.6 Å². The van der Waals surface area contributed by atoms with Gasteiger partial charge in [-0.25, -0.2) is 4.79 Å². The molecule has 2 N–H and O–H groups in total. The first-order valence-electron chi connectivity index (χ1n) is 8.24. The lowest BCUT2D eigenvalue weighted by Crippen LogP contribution is -2.41. The Bertz CT molecular complexity index is 584. The summed E-state index contributed by atoms with van der Waals surface area (Å²) >= 11 is 0. The first kappa shape index (κ1) is 17.3. The topological polar surface area (TPSA) is 69.6 Å². The average molecular weight is 318 g/mol. The zero-order chi connectivity index (χ0) is 17.0. The van der Waals surface area contributed by atoms with E-state index in [-0.39, 0.29) is 25.0 Å². The van der Waals surface area contributed by atoms with Crippen molar-refractivity contribution >= 4 is 12.0 Å². The number of hydrogen-bond donors (Lipinski definition) is 2. The first-order valence-corrected chi connectivity index (χ1v) is 8.24. The van der Waals surface area contributed by atoms with Gasteiger partial charge >= 0.3 is 12.0 Å². The summed E-state index contributed by atoms with van der Waals surface area (Å²) in [5.74, 6) is -0.439. The van der Waals surface area contributed by atoms with Crippen LogP contribution in [0.15, 0.2) is 18.2 Å². The van der Waals surface area contributed by atoms with Gasteiger partial charge in [0.1, 0.15) is 0 Å². The third-order valence-corrected chi connectivity index (χ3v) is 4.46. The molecule has 1 aliphatic rings. The molecule has 1 aliphatic carbocycles. The van der Waals surface area contributed by atoms with Crippen molar-refractivity contribution in [3.05, 3.63) is 34.9 Å². The molecule has 1 aromatic rings. The van der Waals surface area contributed by atoms with Crippen LogP contribution in [0, 0.1) is 0 Å². The van der Waals surface area contributed by atoms with Crippen molar-refractivity contribution in [2.45, 2.75) is 51.5 Å². The molecule has 126 valence electrons. The molecule has 0 aliphatic heterocycles. The summed E-state index contributed by atoms with van der Waals surface area (Å²) in [5, 5.41) is 11.8. The molecule has 0 aromatic heterocycles. The number of carboxylic acid groups (broad SMARTS) is 1. The minimum absolute atomic E-state index is 0.0113. The number of benzene rings is 1. The highest BCUT2D eigenvalue weighted by Gasteiger charge is 2.23. The quantitative estimate of drug-likeness (QED) is 0.875. The van der Waals surface area contributed by atoms with Crippen LogP contribution in [0.25, 0.3) is 0 Å². The van der Waals surface area contributed by atoms with Crippen molar-refractivity contribution in [3.63, 3.8) is 0 Å². The Morgan fingerprint density at radius 1 is 1.39 bits per heavy atom. The molecule has 0 saturated heterocycles. The Balaban J connectivity index is 2.09. The summed E-state index contributed by atoms with van der Waals surface area (Å²) < 4.78 is 0. The van der Waals surface area contributed by atoms with Crippen molar-refractivity contribution in [3.8, 4) is 0 Å². The van der Waals surface area contributed by atoms with E-state index < -0.39 is 5.97 Å². The number of hydrogen-bond acceptors (Lipinski definition) is 2. The van der Waals surface area contributed by atoms with Gasteiger partial charge in [-0.2, -0.15) is 0 Å². The highest BCUT2D eigenvalue weighted by atomic mass is 16.4. The molecular formula is C18H26N2O3. The van der Waals surface area contributed by atoms with Gasteiger partial charge < -0.3 is 15.3 Å². The smallest absolute Gasteiger partial charge is 0.317 e. The summed E-state index contributed by atoms with van der Waals surface area (Å²) in [6, 6.07) is 6.36. The molecule has 0 radical (unpaired) electrons. The van der Waals surface area contributed by atoms with E-state index in [9.17, 15) is 9.59 Å². The average Bonchev–Trinajstić information content (AvgIpc) is 2.52. The van der Waals surface area contributed by atoms with Gasteiger partial charge in [0.15, 0.2) is 0 Å². The number of carboxylic acids is 1. The van der Waals surface area contributed by atoms with E-state index in [4.69, 9.17) is 5.11 Å². The first-order chi connectivity index (χ1) is 10.9. The van der Waals surface area contributed by atoms with Gasteiger partial charge in [0.05, 0.1) is 12.5 Å². The van der Waals surface area contributed by atoms with Crippen molar-refractivity contribution in [1.82, 2.24) is 10.2 Å². The fourth-order valence-corrected chi connectivity index (χ4v) is 2.95. The maximum Gasteiger partial charge on any atom is 0.317 e. The molecule has 5 nitrogen and oxygen atoms in total.